The Bertz CT molecular complexity index is 721. The van der Waals surface area contributed by atoms with Crippen molar-refractivity contribution in [2.75, 3.05) is 5.75 Å². The second-order valence-corrected chi connectivity index (χ2v) is 7.47. The Labute approximate surface area is 159 Å². The van der Waals surface area contributed by atoms with Gasteiger partial charge in [-0.15, -0.1) is 11.8 Å². The fourth-order valence-electron chi connectivity index (χ4n) is 1.83. The number of halogens is 2. The van der Waals surface area contributed by atoms with Crippen LogP contribution in [-0.4, -0.2) is 17.4 Å². The van der Waals surface area contributed by atoms with Crippen molar-refractivity contribution in [3.05, 3.63) is 68.3 Å². The Morgan fingerprint density at radius 3 is 2.78 bits per heavy atom. The summed E-state index contributed by atoms with van der Waals surface area (Å²) in [6.45, 7) is 1.88. The molecular weight excluding hydrogens is 443 g/mol. The topological polar surface area (TPSA) is 41.5 Å². The van der Waals surface area contributed by atoms with E-state index >= 15 is 0 Å². The molecule has 6 heteroatoms. The molecule has 0 spiro atoms. The van der Waals surface area contributed by atoms with Gasteiger partial charge in [0, 0.05) is 14.3 Å². The number of nitrogens with zero attached hydrogens (tertiary/aromatic N) is 1. The van der Waals surface area contributed by atoms with Crippen LogP contribution in [0.1, 0.15) is 18.1 Å². The van der Waals surface area contributed by atoms with Gasteiger partial charge in [0.1, 0.15) is 0 Å². The molecule has 0 atom stereocenters. The highest BCUT2D eigenvalue weighted by atomic mass is 127. The number of amides is 1. The molecule has 2 aromatic carbocycles. The Hall–Kier alpha value is -1.05. The van der Waals surface area contributed by atoms with Crippen molar-refractivity contribution in [3.8, 4) is 0 Å². The van der Waals surface area contributed by atoms with Crippen molar-refractivity contribution in [1.82, 2.24) is 5.43 Å². The van der Waals surface area contributed by atoms with Gasteiger partial charge < -0.3 is 0 Å². The standard InChI is InChI=1S/C17H16ClIN2OS/c1-12(13-6-4-7-15(19)9-13)20-21-17(22)11-23-10-14-5-2-3-8-16(14)18/h2-9H,10-11H2,1H3,(H,21,22)/b20-12+. The molecule has 2 rings (SSSR count). The Morgan fingerprint density at radius 1 is 1.26 bits per heavy atom. The maximum absolute atomic E-state index is 11.8. The SMILES string of the molecule is C/C(=N\NC(=O)CSCc1ccccc1Cl)c1cccc(I)c1. The van der Waals surface area contributed by atoms with Crippen LogP contribution in [-0.2, 0) is 10.5 Å². The zero-order chi connectivity index (χ0) is 16.7. The molecule has 1 N–H and O–H groups in total. The number of nitrogens with one attached hydrogen (secondary N) is 1. The van der Waals surface area contributed by atoms with Gasteiger partial charge in [-0.3, -0.25) is 4.79 Å². The molecule has 0 saturated carbocycles. The Balaban J connectivity index is 1.81. The minimum Gasteiger partial charge on any atom is -0.272 e. The van der Waals surface area contributed by atoms with Crippen LogP contribution in [0.2, 0.25) is 5.02 Å². The van der Waals surface area contributed by atoms with Crippen LogP contribution in [0.15, 0.2) is 53.6 Å². The summed E-state index contributed by atoms with van der Waals surface area (Å²) in [5.41, 5.74) is 5.41. The summed E-state index contributed by atoms with van der Waals surface area (Å²) < 4.78 is 1.14. The van der Waals surface area contributed by atoms with Gasteiger partial charge in [-0.2, -0.15) is 5.10 Å². The number of hydrazone groups is 1. The van der Waals surface area contributed by atoms with Crippen molar-refractivity contribution < 1.29 is 4.79 Å². The van der Waals surface area contributed by atoms with E-state index in [1.807, 2.05) is 55.5 Å². The molecule has 0 heterocycles. The first-order chi connectivity index (χ1) is 11.1. The lowest BCUT2D eigenvalue weighted by molar-refractivity contribution is -0.118. The first-order valence-electron chi connectivity index (χ1n) is 6.96. The van der Waals surface area contributed by atoms with Gasteiger partial charge in [0.2, 0.25) is 5.91 Å². The third kappa shape index (κ3) is 6.16. The maximum Gasteiger partial charge on any atom is 0.250 e. The fraction of sp³-hybridized carbons (Fsp3) is 0.176. The summed E-state index contributed by atoms with van der Waals surface area (Å²) in [5, 5.41) is 4.88. The molecule has 120 valence electrons. The lowest BCUT2D eigenvalue weighted by Gasteiger charge is -2.05. The first kappa shape index (κ1) is 18.3. The number of carbonyl (C=O) groups is 1. The Morgan fingerprint density at radius 2 is 2.04 bits per heavy atom. The minimum atomic E-state index is -0.118. The van der Waals surface area contributed by atoms with E-state index in [4.69, 9.17) is 11.6 Å². The van der Waals surface area contributed by atoms with Gasteiger partial charge in [-0.1, -0.05) is 41.9 Å². The van der Waals surface area contributed by atoms with Gasteiger partial charge in [-0.05, 0) is 58.8 Å². The average molecular weight is 459 g/mol. The second-order valence-electron chi connectivity index (χ2n) is 4.83. The van der Waals surface area contributed by atoms with Crippen molar-refractivity contribution in [2.45, 2.75) is 12.7 Å². The molecule has 1 amide bonds. The number of hydrogen-bond donors (Lipinski definition) is 1. The van der Waals surface area contributed by atoms with Crippen molar-refractivity contribution >= 4 is 57.6 Å². The maximum atomic E-state index is 11.8. The molecule has 0 aromatic heterocycles. The van der Waals surface area contributed by atoms with Gasteiger partial charge >= 0.3 is 0 Å². The van der Waals surface area contributed by atoms with E-state index in [0.717, 1.165) is 25.4 Å². The highest BCUT2D eigenvalue weighted by Crippen LogP contribution is 2.20. The van der Waals surface area contributed by atoms with E-state index in [9.17, 15) is 4.79 Å². The lowest BCUT2D eigenvalue weighted by Crippen LogP contribution is -2.21. The van der Waals surface area contributed by atoms with Crippen molar-refractivity contribution in [2.24, 2.45) is 5.10 Å². The lowest BCUT2D eigenvalue weighted by atomic mass is 10.1. The summed E-state index contributed by atoms with van der Waals surface area (Å²) in [4.78, 5) is 11.8. The second kappa shape index (κ2) is 9.30. The van der Waals surface area contributed by atoms with Crippen LogP contribution in [0.3, 0.4) is 0 Å². The van der Waals surface area contributed by atoms with Crippen LogP contribution >= 0.6 is 46.0 Å². The summed E-state index contributed by atoms with van der Waals surface area (Å²) in [6, 6.07) is 15.6. The third-order valence-corrected chi connectivity index (χ3v) is 5.06. The molecule has 0 aliphatic rings. The van der Waals surface area contributed by atoms with Crippen molar-refractivity contribution in [1.29, 1.82) is 0 Å². The zero-order valence-electron chi connectivity index (χ0n) is 12.6. The molecule has 0 unspecified atom stereocenters. The third-order valence-electron chi connectivity index (χ3n) is 3.04. The number of hydrogen-bond acceptors (Lipinski definition) is 3. The first-order valence-corrected chi connectivity index (χ1v) is 9.57. The van der Waals surface area contributed by atoms with Gasteiger partial charge in [0.25, 0.3) is 0 Å². The molecule has 0 bridgehead atoms. The summed E-state index contributed by atoms with van der Waals surface area (Å²) in [6.07, 6.45) is 0. The van der Waals surface area contributed by atoms with Crippen LogP contribution in [0.4, 0.5) is 0 Å². The van der Waals surface area contributed by atoms with E-state index in [2.05, 4.69) is 33.1 Å². The van der Waals surface area contributed by atoms with Gasteiger partial charge in [-0.25, -0.2) is 5.43 Å². The highest BCUT2D eigenvalue weighted by Gasteiger charge is 2.04. The van der Waals surface area contributed by atoms with E-state index in [1.165, 1.54) is 11.8 Å². The van der Waals surface area contributed by atoms with E-state index in [-0.39, 0.29) is 5.91 Å². The monoisotopic (exact) mass is 458 g/mol. The normalized spacial score (nSPS) is 11.3. The molecule has 0 fully saturated rings. The molecule has 0 aliphatic carbocycles. The zero-order valence-corrected chi connectivity index (χ0v) is 16.3. The van der Waals surface area contributed by atoms with E-state index in [0.29, 0.717) is 11.5 Å². The van der Waals surface area contributed by atoms with Crippen LogP contribution in [0, 0.1) is 3.57 Å². The fourth-order valence-corrected chi connectivity index (χ4v) is 3.47. The summed E-state index contributed by atoms with van der Waals surface area (Å²) in [7, 11) is 0. The van der Waals surface area contributed by atoms with Crippen LogP contribution < -0.4 is 5.43 Å². The number of benzene rings is 2. The smallest absolute Gasteiger partial charge is 0.250 e. The predicted octanol–water partition coefficient (Wildman–Crippen LogP) is 4.72. The molecule has 0 radical (unpaired) electrons. The number of carbonyl (C=O) groups excluding carboxylic acids is 1. The largest absolute Gasteiger partial charge is 0.272 e. The summed E-state index contributed by atoms with van der Waals surface area (Å²) >= 11 is 9.85. The molecule has 0 aliphatic heterocycles. The number of rotatable bonds is 6. The van der Waals surface area contributed by atoms with Crippen LogP contribution in [0.5, 0.6) is 0 Å². The summed E-state index contributed by atoms with van der Waals surface area (Å²) in [5.74, 6) is 0.924. The molecule has 23 heavy (non-hydrogen) atoms. The molecular formula is C17H16ClIN2OS. The highest BCUT2D eigenvalue weighted by molar-refractivity contribution is 14.1. The molecule has 0 saturated heterocycles. The van der Waals surface area contributed by atoms with Crippen molar-refractivity contribution in [3.63, 3.8) is 0 Å². The Kier molecular flexibility index (Phi) is 7.39. The van der Waals surface area contributed by atoms with E-state index < -0.39 is 0 Å². The van der Waals surface area contributed by atoms with Gasteiger partial charge in [0.05, 0.1) is 11.5 Å². The van der Waals surface area contributed by atoms with Gasteiger partial charge in [0.15, 0.2) is 0 Å². The van der Waals surface area contributed by atoms with E-state index in [1.54, 1.807) is 0 Å². The minimum absolute atomic E-state index is 0.118. The average Bonchev–Trinajstić information content (AvgIpc) is 2.54. The predicted molar refractivity (Wildman–Crippen MR) is 107 cm³/mol. The molecule has 3 nitrogen and oxygen atoms in total. The quantitative estimate of drug-likeness (QED) is 0.387. The van der Waals surface area contributed by atoms with Crippen LogP contribution in [0.25, 0.3) is 0 Å². The molecule has 2 aromatic rings. The number of thioether (sulfide) groups is 1.